The molecule has 1 amide bonds. The number of halogens is 2. The monoisotopic (exact) mass is 388 g/mol. The largest absolute Gasteiger partial charge is 0.292 e. The summed E-state index contributed by atoms with van der Waals surface area (Å²) in [6.07, 6.45) is 3.25. The van der Waals surface area contributed by atoms with Gasteiger partial charge in [-0.3, -0.25) is 9.48 Å². The molecule has 0 saturated carbocycles. The zero-order valence-corrected chi connectivity index (χ0v) is 12.9. The van der Waals surface area contributed by atoms with E-state index in [9.17, 15) is 4.79 Å². The third-order valence-electron chi connectivity index (χ3n) is 2.27. The predicted molar refractivity (Wildman–Crippen MR) is 82.4 cm³/mol. The lowest BCUT2D eigenvalue weighted by atomic mass is 10.2. The summed E-state index contributed by atoms with van der Waals surface area (Å²) in [5.41, 5.74) is 3.50. The summed E-state index contributed by atoms with van der Waals surface area (Å²) in [4.78, 5) is 11.8. The number of benzene rings is 1. The zero-order valence-electron chi connectivity index (χ0n) is 9.97. The number of hydrogen-bond acceptors (Lipinski definition) is 3. The second kappa shape index (κ2) is 6.16. The minimum absolute atomic E-state index is 0.347. The lowest BCUT2D eigenvalue weighted by molar-refractivity contribution is 0.0948. The van der Waals surface area contributed by atoms with Crippen molar-refractivity contribution in [3.63, 3.8) is 0 Å². The molecule has 0 bridgehead atoms. The first kappa shape index (κ1) is 14.0. The first-order chi connectivity index (χ1) is 9.08. The van der Waals surface area contributed by atoms with E-state index in [0.29, 0.717) is 10.7 Å². The molecule has 1 N–H and O–H groups in total. The van der Waals surface area contributed by atoms with Crippen LogP contribution < -0.4 is 5.43 Å². The normalized spacial score (nSPS) is 10.9. The van der Waals surface area contributed by atoms with Crippen LogP contribution in [0.2, 0.25) is 5.02 Å². The highest BCUT2D eigenvalue weighted by molar-refractivity contribution is 14.1. The molecule has 98 valence electrons. The minimum Gasteiger partial charge on any atom is -0.274 e. The molecule has 0 radical (unpaired) electrons. The second-order valence-corrected chi connectivity index (χ2v) is 5.29. The van der Waals surface area contributed by atoms with Crippen LogP contribution in [0.4, 0.5) is 0 Å². The first-order valence-electron chi connectivity index (χ1n) is 5.35. The minimum atomic E-state index is -0.353. The Bertz CT molecular complexity index is 638. The molecule has 0 saturated heterocycles. The molecule has 0 spiro atoms. The summed E-state index contributed by atoms with van der Waals surface area (Å²) in [6.45, 7) is 0. The van der Waals surface area contributed by atoms with Crippen molar-refractivity contribution in [1.29, 1.82) is 0 Å². The van der Waals surface area contributed by atoms with Crippen LogP contribution in [0.1, 0.15) is 16.1 Å². The number of rotatable bonds is 3. The van der Waals surface area contributed by atoms with Crippen molar-refractivity contribution in [2.24, 2.45) is 12.1 Å². The fourth-order valence-electron chi connectivity index (χ4n) is 1.41. The van der Waals surface area contributed by atoms with Crippen molar-refractivity contribution in [2.75, 3.05) is 0 Å². The highest BCUT2D eigenvalue weighted by atomic mass is 127. The van der Waals surface area contributed by atoms with Gasteiger partial charge in [-0.15, -0.1) is 0 Å². The average molecular weight is 389 g/mol. The smallest absolute Gasteiger partial charge is 0.274 e. The second-order valence-electron chi connectivity index (χ2n) is 3.72. The Morgan fingerprint density at radius 3 is 2.89 bits per heavy atom. The van der Waals surface area contributed by atoms with Gasteiger partial charge in [0, 0.05) is 23.8 Å². The van der Waals surface area contributed by atoms with Gasteiger partial charge in [-0.25, -0.2) is 5.43 Å². The summed E-state index contributed by atoms with van der Waals surface area (Å²) in [5.74, 6) is -0.353. The number of amides is 1. The summed E-state index contributed by atoms with van der Waals surface area (Å²) >= 11 is 8.01. The van der Waals surface area contributed by atoms with E-state index in [-0.39, 0.29) is 5.91 Å². The Balaban J connectivity index is 2.05. The van der Waals surface area contributed by atoms with E-state index in [1.807, 2.05) is 40.8 Å². The number of carbonyl (C=O) groups excluding carboxylic acids is 1. The molecule has 0 aliphatic rings. The van der Waals surface area contributed by atoms with Crippen LogP contribution in [0.5, 0.6) is 0 Å². The maximum atomic E-state index is 11.8. The van der Waals surface area contributed by atoms with Crippen molar-refractivity contribution >= 4 is 46.3 Å². The molecule has 2 rings (SSSR count). The van der Waals surface area contributed by atoms with Crippen LogP contribution in [-0.4, -0.2) is 21.9 Å². The Morgan fingerprint density at radius 2 is 2.26 bits per heavy atom. The van der Waals surface area contributed by atoms with Gasteiger partial charge in [-0.05, 0) is 28.7 Å². The van der Waals surface area contributed by atoms with Gasteiger partial charge in [0.2, 0.25) is 0 Å². The van der Waals surface area contributed by atoms with Crippen LogP contribution in [0.3, 0.4) is 0 Å². The van der Waals surface area contributed by atoms with Gasteiger partial charge in [0.15, 0.2) is 5.69 Å². The van der Waals surface area contributed by atoms with Crippen molar-refractivity contribution in [1.82, 2.24) is 15.2 Å². The van der Waals surface area contributed by atoms with E-state index in [2.05, 4.69) is 15.6 Å². The molecule has 2 aromatic rings. The highest BCUT2D eigenvalue weighted by Gasteiger charge is 2.13. The van der Waals surface area contributed by atoms with Gasteiger partial charge in [0.05, 0.1) is 9.78 Å². The standard InChI is InChI=1S/C12H10ClIN4O/c1-18-7-10(14)11(17-18)12(19)16-15-6-8-4-2-3-5-9(8)13/h2-7H,1H3,(H,16,19)/b15-6-. The molecule has 19 heavy (non-hydrogen) atoms. The van der Waals surface area contributed by atoms with E-state index in [4.69, 9.17) is 11.6 Å². The Labute approximate surface area is 128 Å². The fourth-order valence-corrected chi connectivity index (χ4v) is 2.35. The number of aryl methyl sites for hydroxylation is 1. The molecule has 0 atom stereocenters. The molecule has 0 unspecified atom stereocenters. The van der Waals surface area contributed by atoms with Crippen LogP contribution in [0.15, 0.2) is 35.6 Å². The highest BCUT2D eigenvalue weighted by Crippen LogP contribution is 2.12. The maximum Gasteiger partial charge on any atom is 0.292 e. The van der Waals surface area contributed by atoms with Crippen LogP contribution in [0, 0.1) is 3.57 Å². The lowest BCUT2D eigenvalue weighted by Crippen LogP contribution is -2.19. The summed E-state index contributed by atoms with van der Waals surface area (Å²) < 4.78 is 2.35. The fraction of sp³-hybridized carbons (Fsp3) is 0.0833. The average Bonchev–Trinajstić information content (AvgIpc) is 2.71. The number of carbonyl (C=O) groups is 1. The van der Waals surface area contributed by atoms with E-state index in [0.717, 1.165) is 9.13 Å². The van der Waals surface area contributed by atoms with Crippen molar-refractivity contribution in [3.8, 4) is 0 Å². The number of nitrogens with one attached hydrogen (secondary N) is 1. The summed E-state index contributed by atoms with van der Waals surface area (Å²) in [7, 11) is 1.76. The zero-order chi connectivity index (χ0) is 13.8. The third kappa shape index (κ3) is 3.54. The number of hydrogen-bond donors (Lipinski definition) is 1. The van der Waals surface area contributed by atoms with Crippen LogP contribution in [0.25, 0.3) is 0 Å². The van der Waals surface area contributed by atoms with Crippen LogP contribution in [-0.2, 0) is 7.05 Å². The van der Waals surface area contributed by atoms with Gasteiger partial charge in [-0.1, -0.05) is 29.8 Å². The Hall–Kier alpha value is -1.41. The molecular formula is C12H10ClIN4O. The molecule has 0 aliphatic heterocycles. The van der Waals surface area contributed by atoms with Crippen molar-refractivity contribution in [2.45, 2.75) is 0 Å². The van der Waals surface area contributed by atoms with E-state index >= 15 is 0 Å². The molecular weight excluding hydrogens is 379 g/mol. The van der Waals surface area contributed by atoms with Gasteiger partial charge >= 0.3 is 0 Å². The van der Waals surface area contributed by atoms with E-state index < -0.39 is 0 Å². The van der Waals surface area contributed by atoms with Gasteiger partial charge in [-0.2, -0.15) is 10.2 Å². The maximum absolute atomic E-state index is 11.8. The molecule has 1 aromatic heterocycles. The number of hydrazone groups is 1. The topological polar surface area (TPSA) is 59.3 Å². The quantitative estimate of drug-likeness (QED) is 0.499. The molecule has 1 aromatic carbocycles. The molecule has 0 aliphatic carbocycles. The van der Waals surface area contributed by atoms with Crippen molar-refractivity contribution in [3.05, 3.63) is 50.3 Å². The van der Waals surface area contributed by atoms with Crippen molar-refractivity contribution < 1.29 is 4.79 Å². The molecule has 5 nitrogen and oxygen atoms in total. The van der Waals surface area contributed by atoms with Gasteiger partial charge in [0.1, 0.15) is 0 Å². The Morgan fingerprint density at radius 1 is 1.53 bits per heavy atom. The van der Waals surface area contributed by atoms with Gasteiger partial charge < -0.3 is 0 Å². The molecule has 0 fully saturated rings. The summed E-state index contributed by atoms with van der Waals surface area (Å²) in [6, 6.07) is 7.24. The van der Waals surface area contributed by atoms with Crippen LogP contribution >= 0.6 is 34.2 Å². The van der Waals surface area contributed by atoms with Gasteiger partial charge in [0.25, 0.3) is 5.91 Å². The Kier molecular flexibility index (Phi) is 4.54. The third-order valence-corrected chi connectivity index (χ3v) is 3.41. The molecule has 1 heterocycles. The van der Waals surface area contributed by atoms with E-state index in [1.165, 1.54) is 6.21 Å². The summed E-state index contributed by atoms with van der Waals surface area (Å²) in [5, 5.41) is 8.49. The predicted octanol–water partition coefficient (Wildman–Crippen LogP) is 2.44. The van der Waals surface area contributed by atoms with E-state index in [1.54, 1.807) is 24.0 Å². The molecule has 7 heteroatoms. The first-order valence-corrected chi connectivity index (χ1v) is 6.80. The SMILES string of the molecule is Cn1cc(I)c(C(=O)N/N=C\c2ccccc2Cl)n1. The lowest BCUT2D eigenvalue weighted by Gasteiger charge is -1.98. The number of aromatic nitrogens is 2. The number of nitrogens with zero attached hydrogens (tertiary/aromatic N) is 3.